The molecule has 3 aromatic rings. The van der Waals surface area contributed by atoms with Crippen LogP contribution < -0.4 is 10.5 Å². The molecule has 0 saturated carbocycles. The number of aromatic nitrogens is 3. The predicted octanol–water partition coefficient (Wildman–Crippen LogP) is 3.31. The second-order valence-electron chi connectivity index (χ2n) is 6.64. The largest absolute Gasteiger partial charge is 0.360 e. The van der Waals surface area contributed by atoms with Crippen molar-refractivity contribution < 1.29 is 9.32 Å². The van der Waals surface area contributed by atoms with Crippen molar-refractivity contribution in [3.05, 3.63) is 51.6 Å². The summed E-state index contributed by atoms with van der Waals surface area (Å²) < 4.78 is 6.41. The average molecular weight is 368 g/mol. The zero-order chi connectivity index (χ0) is 19.7. The summed E-state index contributed by atoms with van der Waals surface area (Å²) in [6.45, 7) is 9.80. The standard InChI is InChI=1S/C20H24N4O3/c1-6-16(19(25)23(7-2)15-10-8-9-12(3)11-15)24-20(26)18-17(13(4)21-24)14(5)27-22-18/h8-11,16H,6-7H2,1-5H3. The van der Waals surface area contributed by atoms with Gasteiger partial charge in [0.15, 0.2) is 5.52 Å². The molecule has 7 heteroatoms. The molecule has 3 rings (SSSR count). The molecule has 0 N–H and O–H groups in total. The first-order valence-electron chi connectivity index (χ1n) is 9.12. The van der Waals surface area contributed by atoms with Crippen LogP contribution in [0.4, 0.5) is 5.69 Å². The number of carbonyl (C=O) groups is 1. The molecule has 1 aromatic carbocycles. The highest BCUT2D eigenvalue weighted by atomic mass is 16.5. The fourth-order valence-corrected chi connectivity index (χ4v) is 3.41. The minimum Gasteiger partial charge on any atom is -0.360 e. The van der Waals surface area contributed by atoms with Crippen LogP contribution in [0.5, 0.6) is 0 Å². The van der Waals surface area contributed by atoms with Gasteiger partial charge in [0.2, 0.25) is 0 Å². The number of amides is 1. The van der Waals surface area contributed by atoms with E-state index in [1.165, 1.54) is 4.68 Å². The Balaban J connectivity index is 2.09. The number of carbonyl (C=O) groups excluding carboxylic acids is 1. The molecule has 0 bridgehead atoms. The molecule has 0 saturated heterocycles. The predicted molar refractivity (Wildman–Crippen MR) is 104 cm³/mol. The summed E-state index contributed by atoms with van der Waals surface area (Å²) in [5.41, 5.74) is 2.30. The second-order valence-corrected chi connectivity index (χ2v) is 6.64. The first kappa shape index (κ1) is 18.8. The van der Waals surface area contributed by atoms with Crippen molar-refractivity contribution in [1.29, 1.82) is 0 Å². The van der Waals surface area contributed by atoms with E-state index in [2.05, 4.69) is 10.3 Å². The Hall–Kier alpha value is -2.96. The third kappa shape index (κ3) is 3.25. The third-order valence-electron chi connectivity index (χ3n) is 4.76. The number of likely N-dealkylation sites (N-methyl/N-ethyl adjacent to an activating group) is 1. The Labute approximate surface area is 157 Å². The zero-order valence-electron chi connectivity index (χ0n) is 16.3. The maximum atomic E-state index is 13.3. The van der Waals surface area contributed by atoms with Crippen LogP contribution >= 0.6 is 0 Å². The first-order valence-corrected chi connectivity index (χ1v) is 9.12. The molecule has 1 atom stereocenters. The lowest BCUT2D eigenvalue weighted by Gasteiger charge is -2.26. The van der Waals surface area contributed by atoms with Crippen LogP contribution in [0.3, 0.4) is 0 Å². The van der Waals surface area contributed by atoms with Crippen molar-refractivity contribution in [1.82, 2.24) is 14.9 Å². The van der Waals surface area contributed by atoms with Gasteiger partial charge in [-0.1, -0.05) is 24.2 Å². The lowest BCUT2D eigenvalue weighted by molar-refractivity contribution is -0.122. The van der Waals surface area contributed by atoms with Gasteiger partial charge < -0.3 is 9.42 Å². The van der Waals surface area contributed by atoms with Gasteiger partial charge in [-0.15, -0.1) is 0 Å². The van der Waals surface area contributed by atoms with E-state index in [9.17, 15) is 9.59 Å². The monoisotopic (exact) mass is 368 g/mol. The van der Waals surface area contributed by atoms with Gasteiger partial charge in [-0.25, -0.2) is 4.68 Å². The van der Waals surface area contributed by atoms with E-state index in [0.717, 1.165) is 11.3 Å². The number of fused-ring (bicyclic) bond motifs is 1. The Morgan fingerprint density at radius 2 is 2.00 bits per heavy atom. The van der Waals surface area contributed by atoms with Gasteiger partial charge in [0.1, 0.15) is 11.8 Å². The topological polar surface area (TPSA) is 81.2 Å². The fourth-order valence-electron chi connectivity index (χ4n) is 3.41. The third-order valence-corrected chi connectivity index (χ3v) is 4.76. The zero-order valence-corrected chi connectivity index (χ0v) is 16.3. The maximum Gasteiger partial charge on any atom is 0.297 e. The van der Waals surface area contributed by atoms with Gasteiger partial charge in [0.25, 0.3) is 11.5 Å². The van der Waals surface area contributed by atoms with Crippen LogP contribution in [-0.4, -0.2) is 27.4 Å². The van der Waals surface area contributed by atoms with Crippen LogP contribution in [0, 0.1) is 20.8 Å². The number of benzene rings is 1. The molecular formula is C20H24N4O3. The van der Waals surface area contributed by atoms with Gasteiger partial charge in [-0.3, -0.25) is 9.59 Å². The molecule has 0 radical (unpaired) electrons. The highest BCUT2D eigenvalue weighted by molar-refractivity contribution is 5.96. The van der Waals surface area contributed by atoms with E-state index >= 15 is 0 Å². The first-order chi connectivity index (χ1) is 12.9. The molecular weight excluding hydrogens is 344 g/mol. The molecule has 7 nitrogen and oxygen atoms in total. The Morgan fingerprint density at radius 3 is 2.63 bits per heavy atom. The van der Waals surface area contributed by atoms with Crippen molar-refractivity contribution in [2.75, 3.05) is 11.4 Å². The smallest absolute Gasteiger partial charge is 0.297 e. The summed E-state index contributed by atoms with van der Waals surface area (Å²) in [6.07, 6.45) is 0.440. The molecule has 0 aliphatic rings. The number of hydrogen-bond acceptors (Lipinski definition) is 5. The second kappa shape index (κ2) is 7.34. The van der Waals surface area contributed by atoms with E-state index in [1.54, 1.807) is 18.7 Å². The molecule has 1 amide bonds. The van der Waals surface area contributed by atoms with Crippen LogP contribution in [0.2, 0.25) is 0 Å². The van der Waals surface area contributed by atoms with Crippen molar-refractivity contribution in [3.63, 3.8) is 0 Å². The quantitative estimate of drug-likeness (QED) is 0.690. The molecule has 2 heterocycles. The highest BCUT2D eigenvalue weighted by Crippen LogP contribution is 2.23. The Kier molecular flexibility index (Phi) is 5.12. The fraction of sp³-hybridized carbons (Fsp3) is 0.400. The van der Waals surface area contributed by atoms with Crippen molar-refractivity contribution in [2.45, 2.75) is 47.1 Å². The minimum absolute atomic E-state index is 0.167. The summed E-state index contributed by atoms with van der Waals surface area (Å²) in [5.74, 6) is 0.382. The van der Waals surface area contributed by atoms with Crippen molar-refractivity contribution in [2.24, 2.45) is 0 Å². The van der Waals surface area contributed by atoms with Crippen LogP contribution in [0.25, 0.3) is 10.9 Å². The number of aryl methyl sites for hydroxylation is 3. The number of hydrogen-bond donors (Lipinski definition) is 0. The molecule has 27 heavy (non-hydrogen) atoms. The molecule has 2 aromatic heterocycles. The lowest BCUT2D eigenvalue weighted by Crippen LogP contribution is -2.41. The molecule has 1 unspecified atom stereocenters. The number of nitrogens with zero attached hydrogens (tertiary/aromatic N) is 4. The number of anilines is 1. The summed E-state index contributed by atoms with van der Waals surface area (Å²) in [4.78, 5) is 27.9. The highest BCUT2D eigenvalue weighted by Gasteiger charge is 2.28. The molecule has 0 spiro atoms. The van der Waals surface area contributed by atoms with Crippen molar-refractivity contribution in [3.8, 4) is 0 Å². The number of rotatable bonds is 5. The maximum absolute atomic E-state index is 13.3. The van der Waals surface area contributed by atoms with E-state index in [-0.39, 0.29) is 11.4 Å². The summed E-state index contributed by atoms with van der Waals surface area (Å²) in [6, 6.07) is 7.04. The SMILES string of the molecule is CCC(C(=O)N(CC)c1cccc(C)c1)n1nc(C)c2c(C)onc2c1=O. The summed E-state index contributed by atoms with van der Waals surface area (Å²) >= 11 is 0. The molecule has 0 aliphatic heterocycles. The van der Waals surface area contributed by atoms with Crippen LogP contribution in [0.1, 0.15) is 43.3 Å². The van der Waals surface area contributed by atoms with Gasteiger partial charge in [0.05, 0.1) is 11.1 Å². The Bertz CT molecular complexity index is 1050. The van der Waals surface area contributed by atoms with E-state index in [0.29, 0.717) is 29.8 Å². The van der Waals surface area contributed by atoms with Crippen molar-refractivity contribution >= 4 is 22.5 Å². The van der Waals surface area contributed by atoms with Gasteiger partial charge in [-0.2, -0.15) is 5.10 Å². The van der Waals surface area contributed by atoms with Gasteiger partial charge in [-0.05, 0) is 51.8 Å². The van der Waals surface area contributed by atoms with E-state index in [1.807, 2.05) is 45.0 Å². The van der Waals surface area contributed by atoms with E-state index in [4.69, 9.17) is 4.52 Å². The molecule has 142 valence electrons. The summed E-state index contributed by atoms with van der Waals surface area (Å²) in [7, 11) is 0. The Morgan fingerprint density at radius 1 is 1.26 bits per heavy atom. The minimum atomic E-state index is -0.710. The summed E-state index contributed by atoms with van der Waals surface area (Å²) in [5, 5.41) is 8.90. The van der Waals surface area contributed by atoms with E-state index < -0.39 is 11.6 Å². The lowest BCUT2D eigenvalue weighted by atomic mass is 10.1. The van der Waals surface area contributed by atoms with Gasteiger partial charge >= 0.3 is 0 Å². The van der Waals surface area contributed by atoms with Crippen LogP contribution in [0.15, 0.2) is 33.6 Å². The average Bonchev–Trinajstić information content (AvgIpc) is 3.03. The normalized spacial score (nSPS) is 12.3. The van der Waals surface area contributed by atoms with Gasteiger partial charge in [0, 0.05) is 12.2 Å². The van der Waals surface area contributed by atoms with Crippen LogP contribution in [-0.2, 0) is 4.79 Å². The molecule has 0 aliphatic carbocycles. The molecule has 0 fully saturated rings.